The molecule has 0 aliphatic carbocycles. The number of para-hydroxylation sites is 1. The van der Waals surface area contributed by atoms with E-state index >= 15 is 0 Å². The van der Waals surface area contributed by atoms with Gasteiger partial charge in [-0.25, -0.2) is 0 Å². The highest BCUT2D eigenvalue weighted by Crippen LogP contribution is 2.26. The maximum atomic E-state index is 5.20. The highest BCUT2D eigenvalue weighted by molar-refractivity contribution is 5.85. The van der Waals surface area contributed by atoms with Gasteiger partial charge in [-0.3, -0.25) is 0 Å². The first kappa shape index (κ1) is 11.6. The van der Waals surface area contributed by atoms with Crippen LogP contribution in [0.15, 0.2) is 61.2 Å². The molecule has 0 N–H and O–H groups in total. The van der Waals surface area contributed by atoms with Crippen LogP contribution in [0.3, 0.4) is 0 Å². The zero-order valence-corrected chi connectivity index (χ0v) is 10.8. The van der Waals surface area contributed by atoms with Crippen molar-refractivity contribution in [3.63, 3.8) is 0 Å². The number of ether oxygens (including phenoxy) is 1. The Balaban J connectivity index is 2.24. The maximum absolute atomic E-state index is 5.20. The fourth-order valence-corrected chi connectivity index (χ4v) is 2.35. The highest BCUT2D eigenvalue weighted by atomic mass is 16.5. The van der Waals surface area contributed by atoms with Gasteiger partial charge in [-0.1, -0.05) is 24.8 Å². The molecular weight excluding hydrogens is 234 g/mol. The molecule has 3 aromatic rings. The third kappa shape index (κ3) is 1.91. The van der Waals surface area contributed by atoms with E-state index in [1.165, 1.54) is 10.9 Å². The number of fused-ring (bicyclic) bond motifs is 1. The summed E-state index contributed by atoms with van der Waals surface area (Å²) in [5.74, 6) is 0.861. The Bertz CT molecular complexity index is 723. The lowest BCUT2D eigenvalue weighted by atomic mass is 10.2. The van der Waals surface area contributed by atoms with E-state index in [1.807, 2.05) is 24.3 Å². The first-order valence-electron chi connectivity index (χ1n) is 6.21. The zero-order valence-electron chi connectivity index (χ0n) is 10.8. The van der Waals surface area contributed by atoms with Crippen LogP contribution in [0.5, 0.6) is 5.75 Å². The molecule has 0 spiro atoms. The predicted octanol–water partition coefficient (Wildman–Crippen LogP) is 4.28. The van der Waals surface area contributed by atoms with Crippen molar-refractivity contribution < 1.29 is 4.74 Å². The second kappa shape index (κ2) is 4.65. The van der Waals surface area contributed by atoms with Gasteiger partial charge in [-0.15, -0.1) is 0 Å². The van der Waals surface area contributed by atoms with Crippen molar-refractivity contribution in [2.24, 2.45) is 0 Å². The summed E-state index contributed by atoms with van der Waals surface area (Å²) >= 11 is 0. The number of methoxy groups -OCH3 is 1. The topological polar surface area (TPSA) is 14.2 Å². The van der Waals surface area contributed by atoms with E-state index in [2.05, 4.69) is 47.5 Å². The van der Waals surface area contributed by atoms with Crippen molar-refractivity contribution in [3.05, 3.63) is 66.9 Å². The molecule has 94 valence electrons. The molecule has 0 aliphatic heterocycles. The Morgan fingerprint density at radius 1 is 1.05 bits per heavy atom. The van der Waals surface area contributed by atoms with Crippen molar-refractivity contribution in [3.8, 4) is 11.4 Å². The molecule has 2 heteroatoms. The molecule has 0 unspecified atom stereocenters. The largest absolute Gasteiger partial charge is 0.497 e. The van der Waals surface area contributed by atoms with Gasteiger partial charge in [-0.05, 0) is 42.5 Å². The van der Waals surface area contributed by atoms with Gasteiger partial charge in [0.1, 0.15) is 5.75 Å². The van der Waals surface area contributed by atoms with Crippen LogP contribution in [0, 0.1) is 0 Å². The molecule has 0 radical (unpaired) electrons. The molecule has 1 heterocycles. The molecule has 0 saturated heterocycles. The Hall–Kier alpha value is -2.48. The van der Waals surface area contributed by atoms with Gasteiger partial charge in [0, 0.05) is 16.8 Å². The lowest BCUT2D eigenvalue weighted by Crippen LogP contribution is -1.96. The Labute approximate surface area is 112 Å². The van der Waals surface area contributed by atoms with Crippen LogP contribution in [-0.2, 0) is 0 Å². The van der Waals surface area contributed by atoms with Crippen molar-refractivity contribution in [1.82, 2.24) is 4.57 Å². The van der Waals surface area contributed by atoms with Crippen molar-refractivity contribution in [1.29, 1.82) is 0 Å². The minimum absolute atomic E-state index is 0.861. The van der Waals surface area contributed by atoms with Crippen molar-refractivity contribution in [2.45, 2.75) is 0 Å². The van der Waals surface area contributed by atoms with Gasteiger partial charge in [0.05, 0.1) is 12.6 Å². The number of hydrogen-bond donors (Lipinski definition) is 0. The van der Waals surface area contributed by atoms with E-state index in [0.29, 0.717) is 0 Å². The number of rotatable bonds is 3. The molecular formula is C17H15NO. The van der Waals surface area contributed by atoms with Crippen LogP contribution in [0.25, 0.3) is 22.7 Å². The Morgan fingerprint density at radius 2 is 1.79 bits per heavy atom. The average Bonchev–Trinajstić information content (AvgIpc) is 2.86. The number of hydrogen-bond acceptors (Lipinski definition) is 1. The third-order valence-corrected chi connectivity index (χ3v) is 3.28. The van der Waals surface area contributed by atoms with Crippen molar-refractivity contribution >= 4 is 17.0 Å². The summed E-state index contributed by atoms with van der Waals surface area (Å²) in [6.07, 6.45) is 1.88. The SMILES string of the molecule is C=Cc1cc2ccccc2n1-c1ccc(OC)cc1. The van der Waals surface area contributed by atoms with Crippen molar-refractivity contribution in [2.75, 3.05) is 7.11 Å². The first-order chi connectivity index (χ1) is 9.33. The van der Waals surface area contributed by atoms with Gasteiger partial charge >= 0.3 is 0 Å². The van der Waals surface area contributed by atoms with Crippen LogP contribution < -0.4 is 4.74 Å². The average molecular weight is 249 g/mol. The smallest absolute Gasteiger partial charge is 0.119 e. The normalized spacial score (nSPS) is 10.6. The molecule has 2 nitrogen and oxygen atoms in total. The molecule has 0 bridgehead atoms. The van der Waals surface area contributed by atoms with Crippen LogP contribution in [-0.4, -0.2) is 11.7 Å². The van der Waals surface area contributed by atoms with E-state index in [-0.39, 0.29) is 0 Å². The van der Waals surface area contributed by atoms with E-state index in [4.69, 9.17) is 4.74 Å². The van der Waals surface area contributed by atoms with Gasteiger partial charge in [0.25, 0.3) is 0 Å². The predicted molar refractivity (Wildman–Crippen MR) is 79.9 cm³/mol. The molecule has 1 aromatic heterocycles. The Morgan fingerprint density at radius 3 is 2.47 bits per heavy atom. The quantitative estimate of drug-likeness (QED) is 0.675. The molecule has 19 heavy (non-hydrogen) atoms. The molecule has 3 rings (SSSR count). The van der Waals surface area contributed by atoms with Gasteiger partial charge in [0.15, 0.2) is 0 Å². The summed E-state index contributed by atoms with van der Waals surface area (Å²) in [6, 6.07) is 18.5. The van der Waals surface area contributed by atoms with E-state index in [9.17, 15) is 0 Å². The highest BCUT2D eigenvalue weighted by Gasteiger charge is 2.07. The summed E-state index contributed by atoms with van der Waals surface area (Å²) in [4.78, 5) is 0. The summed E-state index contributed by atoms with van der Waals surface area (Å²) in [5, 5.41) is 1.22. The second-order valence-electron chi connectivity index (χ2n) is 4.37. The van der Waals surface area contributed by atoms with Crippen LogP contribution >= 0.6 is 0 Å². The summed E-state index contributed by atoms with van der Waals surface area (Å²) in [5.41, 5.74) is 3.38. The third-order valence-electron chi connectivity index (χ3n) is 3.28. The van der Waals surface area contributed by atoms with Crippen LogP contribution in [0.1, 0.15) is 5.69 Å². The first-order valence-corrected chi connectivity index (χ1v) is 6.21. The van der Waals surface area contributed by atoms with Crippen LogP contribution in [0.2, 0.25) is 0 Å². The summed E-state index contributed by atoms with van der Waals surface area (Å²) in [6.45, 7) is 3.90. The minimum atomic E-state index is 0.861. The van der Waals surface area contributed by atoms with E-state index in [1.54, 1.807) is 7.11 Å². The van der Waals surface area contributed by atoms with Gasteiger partial charge in [0.2, 0.25) is 0 Å². The zero-order chi connectivity index (χ0) is 13.2. The fraction of sp³-hybridized carbons (Fsp3) is 0.0588. The van der Waals surface area contributed by atoms with E-state index in [0.717, 1.165) is 17.1 Å². The monoisotopic (exact) mass is 249 g/mol. The standard InChI is InChI=1S/C17H15NO/c1-3-14-12-13-6-4-5-7-17(13)18(14)15-8-10-16(19-2)11-9-15/h3-12H,1H2,2H3. The molecule has 0 atom stereocenters. The lowest BCUT2D eigenvalue weighted by Gasteiger charge is -2.09. The number of aromatic nitrogens is 1. The summed E-state index contributed by atoms with van der Waals surface area (Å²) < 4.78 is 7.40. The Kier molecular flexibility index (Phi) is 2.84. The fourth-order valence-electron chi connectivity index (χ4n) is 2.35. The van der Waals surface area contributed by atoms with Crippen LogP contribution in [0.4, 0.5) is 0 Å². The van der Waals surface area contributed by atoms with Gasteiger partial charge < -0.3 is 9.30 Å². The molecule has 0 fully saturated rings. The minimum Gasteiger partial charge on any atom is -0.497 e. The maximum Gasteiger partial charge on any atom is 0.119 e. The second-order valence-corrected chi connectivity index (χ2v) is 4.37. The number of benzene rings is 2. The summed E-state index contributed by atoms with van der Waals surface area (Å²) in [7, 11) is 1.68. The lowest BCUT2D eigenvalue weighted by molar-refractivity contribution is 0.415. The molecule has 0 amide bonds. The van der Waals surface area contributed by atoms with Gasteiger partial charge in [-0.2, -0.15) is 0 Å². The number of nitrogens with zero attached hydrogens (tertiary/aromatic N) is 1. The molecule has 0 saturated carbocycles. The molecule has 2 aromatic carbocycles. The molecule has 0 aliphatic rings. The van der Waals surface area contributed by atoms with E-state index < -0.39 is 0 Å².